The Bertz CT molecular complexity index is 1440. The minimum atomic E-state index is -0.712. The van der Waals surface area contributed by atoms with Crippen LogP contribution in [0.4, 0.5) is 11.5 Å². The minimum absolute atomic E-state index is 0.0589. The van der Waals surface area contributed by atoms with Crippen molar-refractivity contribution in [3.63, 3.8) is 0 Å². The van der Waals surface area contributed by atoms with Crippen LogP contribution in [0.3, 0.4) is 0 Å². The van der Waals surface area contributed by atoms with Crippen LogP contribution in [0.1, 0.15) is 20.9 Å². The summed E-state index contributed by atoms with van der Waals surface area (Å²) < 4.78 is 1.27. The van der Waals surface area contributed by atoms with Crippen molar-refractivity contribution in [3.8, 4) is 0 Å². The molecule has 0 atom stereocenters. The van der Waals surface area contributed by atoms with Crippen molar-refractivity contribution in [2.75, 3.05) is 10.6 Å². The van der Waals surface area contributed by atoms with E-state index in [9.17, 15) is 14.4 Å². The number of aromatic nitrogens is 2. The van der Waals surface area contributed by atoms with Crippen molar-refractivity contribution in [1.29, 1.82) is 0 Å². The Labute approximate surface area is 200 Å². The number of carbonyl (C=O) groups is 1. The van der Waals surface area contributed by atoms with Gasteiger partial charge in [0.2, 0.25) is 0 Å². The molecule has 0 saturated heterocycles. The van der Waals surface area contributed by atoms with E-state index in [1.807, 2.05) is 79.7 Å². The Kier molecular flexibility index (Phi) is 6.89. The molecule has 4 aromatic rings. The third kappa shape index (κ3) is 5.24. The molecule has 8 heteroatoms. The van der Waals surface area contributed by atoms with Gasteiger partial charge in [-0.1, -0.05) is 60.7 Å². The molecule has 7 nitrogen and oxygen atoms in total. The van der Waals surface area contributed by atoms with Crippen molar-refractivity contribution in [2.24, 2.45) is 0 Å². The molecule has 34 heavy (non-hydrogen) atoms. The molecule has 0 spiro atoms. The van der Waals surface area contributed by atoms with Crippen LogP contribution in [0.2, 0.25) is 0 Å². The first kappa shape index (κ1) is 23.0. The zero-order chi connectivity index (χ0) is 24.1. The third-order valence-electron chi connectivity index (χ3n) is 5.27. The van der Waals surface area contributed by atoms with Gasteiger partial charge in [0, 0.05) is 15.8 Å². The quantitative estimate of drug-likeness (QED) is 0.400. The lowest BCUT2D eigenvalue weighted by atomic mass is 10.2. The topological polar surface area (TPSA) is 101 Å². The van der Waals surface area contributed by atoms with E-state index in [1.54, 1.807) is 17.4 Å². The van der Waals surface area contributed by atoms with Gasteiger partial charge in [0.25, 0.3) is 11.5 Å². The van der Waals surface area contributed by atoms with Gasteiger partial charge < -0.3 is 5.73 Å². The number of nitrogen functional groups attached to an aromatic ring is 1. The van der Waals surface area contributed by atoms with E-state index in [1.165, 1.54) is 15.5 Å². The highest BCUT2D eigenvalue weighted by Crippen LogP contribution is 2.22. The number of thiophene rings is 1. The minimum Gasteiger partial charge on any atom is -0.383 e. The fourth-order valence-corrected chi connectivity index (χ4v) is 4.36. The third-order valence-corrected chi connectivity index (χ3v) is 6.23. The van der Waals surface area contributed by atoms with Crippen LogP contribution in [0.5, 0.6) is 0 Å². The Morgan fingerprint density at radius 1 is 1.00 bits per heavy atom. The Morgan fingerprint density at radius 3 is 2.26 bits per heavy atom. The van der Waals surface area contributed by atoms with Gasteiger partial charge >= 0.3 is 5.69 Å². The molecule has 1 amide bonds. The fourth-order valence-electron chi connectivity index (χ4n) is 3.58. The molecule has 4 rings (SSSR count). The van der Waals surface area contributed by atoms with E-state index in [0.717, 1.165) is 20.9 Å². The van der Waals surface area contributed by atoms with Crippen molar-refractivity contribution >= 4 is 34.8 Å². The average molecular weight is 473 g/mol. The van der Waals surface area contributed by atoms with Gasteiger partial charge in [0.1, 0.15) is 5.82 Å². The van der Waals surface area contributed by atoms with Crippen LogP contribution >= 0.6 is 11.3 Å². The van der Waals surface area contributed by atoms with E-state index >= 15 is 0 Å². The van der Waals surface area contributed by atoms with Crippen LogP contribution in [0.15, 0.2) is 88.5 Å². The highest BCUT2D eigenvalue weighted by atomic mass is 32.1. The number of aryl methyl sites for hydroxylation is 1. The molecule has 3 N–H and O–H groups in total. The lowest BCUT2D eigenvalue weighted by molar-refractivity contribution is -0.114. The highest BCUT2D eigenvalue weighted by Gasteiger charge is 2.23. The number of carbonyl (C=O) groups excluding carboxylic acids is 1. The highest BCUT2D eigenvalue weighted by molar-refractivity contribution is 7.12. The first-order valence-electron chi connectivity index (χ1n) is 10.7. The van der Waals surface area contributed by atoms with Crippen LogP contribution in [-0.4, -0.2) is 15.5 Å². The Hall–Kier alpha value is -4.17. The zero-order valence-electron chi connectivity index (χ0n) is 18.6. The van der Waals surface area contributed by atoms with E-state index in [2.05, 4.69) is 4.98 Å². The second-order valence-electron chi connectivity index (χ2n) is 7.76. The maximum Gasteiger partial charge on any atom is 0.330 e. The van der Waals surface area contributed by atoms with Crippen LogP contribution in [-0.2, 0) is 17.9 Å². The molecule has 0 unspecified atom stereocenters. The maximum absolute atomic E-state index is 13.3. The summed E-state index contributed by atoms with van der Waals surface area (Å²) in [4.78, 5) is 44.5. The maximum atomic E-state index is 13.3. The molecule has 2 heterocycles. The van der Waals surface area contributed by atoms with Gasteiger partial charge in [0.15, 0.2) is 5.69 Å². The van der Waals surface area contributed by atoms with Gasteiger partial charge in [-0.15, -0.1) is 11.3 Å². The van der Waals surface area contributed by atoms with Crippen LogP contribution < -0.4 is 21.9 Å². The predicted octanol–water partition coefficient (Wildman–Crippen LogP) is 3.78. The molecular formula is C26H24N4O3S. The molecule has 0 bridgehead atoms. The molecule has 0 aliphatic carbocycles. The van der Waals surface area contributed by atoms with E-state index in [0.29, 0.717) is 0 Å². The molecule has 0 aliphatic heterocycles. The number of nitrogens with zero attached hydrogens (tertiary/aromatic N) is 2. The first-order chi connectivity index (χ1) is 16.4. The van der Waals surface area contributed by atoms with Crippen molar-refractivity contribution < 1.29 is 4.79 Å². The summed E-state index contributed by atoms with van der Waals surface area (Å²) in [6.07, 6.45) is 3.13. The lowest BCUT2D eigenvalue weighted by Gasteiger charge is -2.23. The van der Waals surface area contributed by atoms with E-state index in [-0.39, 0.29) is 24.6 Å². The van der Waals surface area contributed by atoms with E-state index in [4.69, 9.17) is 5.73 Å². The van der Waals surface area contributed by atoms with Crippen LogP contribution in [0, 0.1) is 6.92 Å². The predicted molar refractivity (Wildman–Crippen MR) is 137 cm³/mol. The van der Waals surface area contributed by atoms with Crippen molar-refractivity contribution in [1.82, 2.24) is 9.55 Å². The first-order valence-corrected chi connectivity index (χ1v) is 11.5. The fraction of sp³-hybridized carbons (Fsp3) is 0.115. The number of benzene rings is 2. The molecule has 2 aromatic carbocycles. The average Bonchev–Trinajstić information content (AvgIpc) is 3.26. The molecule has 2 aromatic heterocycles. The summed E-state index contributed by atoms with van der Waals surface area (Å²) in [5.74, 6) is -0.487. The molecule has 0 fully saturated rings. The normalized spacial score (nSPS) is 11.1. The summed E-state index contributed by atoms with van der Waals surface area (Å²) in [5, 5.41) is 0. The zero-order valence-corrected chi connectivity index (χ0v) is 19.4. The smallest absolute Gasteiger partial charge is 0.330 e. The Morgan fingerprint density at radius 2 is 1.65 bits per heavy atom. The second kappa shape index (κ2) is 10.2. The summed E-state index contributed by atoms with van der Waals surface area (Å²) in [6, 6.07) is 22.5. The summed E-state index contributed by atoms with van der Waals surface area (Å²) >= 11 is 1.56. The number of anilines is 2. The van der Waals surface area contributed by atoms with Gasteiger partial charge in [-0.3, -0.25) is 24.0 Å². The number of rotatable bonds is 7. The number of aromatic amines is 1. The summed E-state index contributed by atoms with van der Waals surface area (Å²) in [6.45, 7) is 2.26. The number of hydrogen-bond acceptors (Lipinski definition) is 5. The standard InChI is InChI=1S/C26H24N4O3S/c1-18-12-13-21(34-18)14-15-22(31)29(16-19-8-4-2-5-9-19)23-24(27)30(26(33)28-25(23)32)17-20-10-6-3-7-11-20/h2-15H,16-17,27H2,1H3,(H,28,32,33). The molecule has 0 radical (unpaired) electrons. The molecule has 172 valence electrons. The van der Waals surface area contributed by atoms with Crippen molar-refractivity contribution in [2.45, 2.75) is 20.0 Å². The van der Waals surface area contributed by atoms with Gasteiger partial charge in [0.05, 0.1) is 13.1 Å². The molecule has 0 saturated carbocycles. The number of nitrogens with two attached hydrogens (primary N) is 1. The number of hydrogen-bond donors (Lipinski definition) is 2. The second-order valence-corrected chi connectivity index (χ2v) is 9.08. The number of H-pyrrole nitrogens is 1. The van der Waals surface area contributed by atoms with Gasteiger partial charge in [-0.25, -0.2) is 4.79 Å². The van der Waals surface area contributed by atoms with Crippen LogP contribution in [0.25, 0.3) is 6.08 Å². The SMILES string of the molecule is Cc1ccc(C=CC(=O)N(Cc2ccccc2)c2c(N)n(Cc3ccccc3)c(=O)[nH]c2=O)s1. The van der Waals surface area contributed by atoms with Gasteiger partial charge in [-0.2, -0.15) is 0 Å². The summed E-state index contributed by atoms with van der Waals surface area (Å²) in [5.41, 5.74) is 6.61. The van der Waals surface area contributed by atoms with E-state index < -0.39 is 17.2 Å². The summed E-state index contributed by atoms with van der Waals surface area (Å²) in [7, 11) is 0. The van der Waals surface area contributed by atoms with Gasteiger partial charge in [-0.05, 0) is 36.3 Å². The molecule has 0 aliphatic rings. The largest absolute Gasteiger partial charge is 0.383 e. The molecular weight excluding hydrogens is 448 g/mol. The number of amides is 1. The lowest BCUT2D eigenvalue weighted by Crippen LogP contribution is -2.40. The monoisotopic (exact) mass is 472 g/mol. The van der Waals surface area contributed by atoms with Crippen molar-refractivity contribution in [3.05, 3.63) is 121 Å². The number of nitrogens with one attached hydrogen (secondary N) is 1. The Balaban J connectivity index is 1.77.